The fourth-order valence-corrected chi connectivity index (χ4v) is 5.28. The number of aryl methyl sites for hydroxylation is 1. The third-order valence-corrected chi connectivity index (χ3v) is 7.10. The van der Waals surface area contributed by atoms with Gasteiger partial charge in [-0.2, -0.15) is 0 Å². The number of pyridine rings is 1. The summed E-state index contributed by atoms with van der Waals surface area (Å²) in [4.78, 5) is 41.0. The molecule has 9 heteroatoms. The van der Waals surface area contributed by atoms with Crippen molar-refractivity contribution in [3.63, 3.8) is 0 Å². The number of halogens is 1. The second-order valence-electron chi connectivity index (χ2n) is 9.14. The molecule has 0 spiro atoms. The molecule has 33 heavy (non-hydrogen) atoms. The first-order valence-corrected chi connectivity index (χ1v) is 11.4. The molecule has 2 fully saturated rings. The fourth-order valence-electron chi connectivity index (χ4n) is 5.28. The number of carbonyl (C=O) groups is 2. The van der Waals surface area contributed by atoms with Crippen LogP contribution in [0.4, 0.5) is 4.39 Å². The molecule has 0 bridgehead atoms. The zero-order valence-corrected chi connectivity index (χ0v) is 18.7. The highest BCUT2D eigenvalue weighted by Gasteiger charge is 2.47. The van der Waals surface area contributed by atoms with E-state index in [0.29, 0.717) is 25.9 Å². The van der Waals surface area contributed by atoms with Gasteiger partial charge in [0.15, 0.2) is 11.4 Å². The summed E-state index contributed by atoms with van der Waals surface area (Å²) in [5.41, 5.74) is -0.328. The highest BCUT2D eigenvalue weighted by atomic mass is 19.1. The number of benzene rings is 1. The maximum atomic E-state index is 13.6. The molecule has 2 N–H and O–H groups in total. The van der Waals surface area contributed by atoms with E-state index in [9.17, 15) is 23.9 Å². The third kappa shape index (κ3) is 3.29. The summed E-state index contributed by atoms with van der Waals surface area (Å²) in [5, 5.41) is 15.6. The maximum absolute atomic E-state index is 13.6. The molecule has 0 radical (unpaired) electrons. The van der Waals surface area contributed by atoms with E-state index in [-0.39, 0.29) is 23.2 Å². The van der Waals surface area contributed by atoms with Gasteiger partial charge in [0.05, 0.1) is 5.54 Å². The standard InChI is InChI=1S/C24H27FN4O4/c1-3-27-18-6-4-5-11-28(18)29-13-16(20(30)21(31)19(29)23(27)33)22(32)26-24(9-10-24)17-8-7-15(25)12-14(17)2/h7-8,12-13,18,31H,3-6,9-11H2,1-2H3,(H,26,32)/t18-/m0/s1. The smallest absolute Gasteiger partial charge is 0.278 e. The van der Waals surface area contributed by atoms with Gasteiger partial charge in [0, 0.05) is 19.3 Å². The van der Waals surface area contributed by atoms with Crippen molar-refractivity contribution in [2.24, 2.45) is 0 Å². The lowest BCUT2D eigenvalue weighted by atomic mass is 9.98. The van der Waals surface area contributed by atoms with Gasteiger partial charge < -0.3 is 15.3 Å². The molecule has 1 saturated carbocycles. The SMILES string of the molecule is CCN1C(=O)c2c(O)c(=O)c(C(=O)NC3(c4ccc(F)cc4C)CC3)cn2N2CCCC[C@@H]12. The van der Waals surface area contributed by atoms with Crippen molar-refractivity contribution >= 4 is 11.8 Å². The fraction of sp³-hybridized carbons (Fsp3) is 0.458. The van der Waals surface area contributed by atoms with Gasteiger partial charge in [0.25, 0.3) is 11.8 Å². The van der Waals surface area contributed by atoms with E-state index < -0.39 is 28.5 Å². The molecule has 3 heterocycles. The lowest BCUT2D eigenvalue weighted by Crippen LogP contribution is -2.63. The lowest BCUT2D eigenvalue weighted by molar-refractivity contribution is 0.0534. The summed E-state index contributed by atoms with van der Waals surface area (Å²) in [6.07, 6.45) is 5.19. The number of nitrogens with zero attached hydrogens (tertiary/aromatic N) is 3. The van der Waals surface area contributed by atoms with Gasteiger partial charge in [-0.15, -0.1) is 0 Å². The van der Waals surface area contributed by atoms with Crippen molar-refractivity contribution in [3.8, 4) is 5.75 Å². The molecule has 3 aliphatic rings. The Morgan fingerprint density at radius 2 is 2.03 bits per heavy atom. The summed E-state index contributed by atoms with van der Waals surface area (Å²) < 4.78 is 15.1. The number of amides is 2. The number of aromatic nitrogens is 1. The topological polar surface area (TPSA) is 94.9 Å². The number of nitrogens with one attached hydrogen (secondary N) is 1. The molecule has 1 aromatic carbocycles. The van der Waals surface area contributed by atoms with E-state index in [2.05, 4.69) is 5.32 Å². The van der Waals surface area contributed by atoms with E-state index in [1.165, 1.54) is 23.0 Å². The Hall–Kier alpha value is -3.36. The molecular formula is C24H27FN4O4. The van der Waals surface area contributed by atoms with Crippen LogP contribution < -0.4 is 15.8 Å². The summed E-state index contributed by atoms with van der Waals surface area (Å²) in [6, 6.07) is 4.43. The Labute approximate surface area is 190 Å². The van der Waals surface area contributed by atoms with Crippen molar-refractivity contribution in [3.05, 3.63) is 62.8 Å². The van der Waals surface area contributed by atoms with Crippen LogP contribution in [0, 0.1) is 12.7 Å². The molecular weight excluding hydrogens is 427 g/mol. The van der Waals surface area contributed by atoms with Crippen LogP contribution in [0.2, 0.25) is 0 Å². The molecule has 2 aromatic rings. The molecule has 8 nitrogen and oxygen atoms in total. The minimum atomic E-state index is -0.870. The van der Waals surface area contributed by atoms with Gasteiger partial charge in [0.1, 0.15) is 17.5 Å². The third-order valence-electron chi connectivity index (χ3n) is 7.10. The van der Waals surface area contributed by atoms with E-state index >= 15 is 0 Å². The van der Waals surface area contributed by atoms with Crippen LogP contribution in [0.25, 0.3) is 0 Å². The van der Waals surface area contributed by atoms with Crippen LogP contribution in [0.15, 0.2) is 29.2 Å². The minimum Gasteiger partial charge on any atom is -0.502 e. The molecule has 1 aliphatic carbocycles. The largest absolute Gasteiger partial charge is 0.502 e. The van der Waals surface area contributed by atoms with Gasteiger partial charge in [-0.05, 0) is 69.2 Å². The average molecular weight is 455 g/mol. The first kappa shape index (κ1) is 21.5. The zero-order valence-electron chi connectivity index (χ0n) is 18.7. The molecule has 1 saturated heterocycles. The van der Waals surface area contributed by atoms with Crippen molar-refractivity contribution < 1.29 is 19.1 Å². The molecule has 1 aromatic heterocycles. The number of carbonyl (C=O) groups excluding carboxylic acids is 2. The quantitative estimate of drug-likeness (QED) is 0.740. The summed E-state index contributed by atoms with van der Waals surface area (Å²) in [5.74, 6) is -2.09. The van der Waals surface area contributed by atoms with Gasteiger partial charge >= 0.3 is 0 Å². The normalized spacial score (nSPS) is 20.8. The predicted molar refractivity (Wildman–Crippen MR) is 119 cm³/mol. The van der Waals surface area contributed by atoms with Crippen molar-refractivity contribution in [1.29, 1.82) is 0 Å². The molecule has 5 rings (SSSR count). The van der Waals surface area contributed by atoms with Crippen LogP contribution in [0.5, 0.6) is 5.75 Å². The highest BCUT2D eigenvalue weighted by Crippen LogP contribution is 2.47. The molecule has 174 valence electrons. The van der Waals surface area contributed by atoms with Crippen LogP contribution >= 0.6 is 0 Å². The Kier molecular flexibility index (Phi) is 4.95. The van der Waals surface area contributed by atoms with Gasteiger partial charge in [-0.3, -0.25) is 24.1 Å². The summed E-state index contributed by atoms with van der Waals surface area (Å²) in [6.45, 7) is 4.74. The van der Waals surface area contributed by atoms with Gasteiger partial charge in [0.2, 0.25) is 5.43 Å². The van der Waals surface area contributed by atoms with E-state index in [4.69, 9.17) is 0 Å². The monoisotopic (exact) mass is 454 g/mol. The Bertz CT molecular complexity index is 1220. The van der Waals surface area contributed by atoms with Crippen LogP contribution in [0.3, 0.4) is 0 Å². The van der Waals surface area contributed by atoms with Crippen LogP contribution in [0.1, 0.15) is 71.0 Å². The first-order valence-electron chi connectivity index (χ1n) is 11.4. The Balaban J connectivity index is 1.54. The number of piperidine rings is 1. The van der Waals surface area contributed by atoms with E-state index in [1.807, 2.05) is 11.9 Å². The molecule has 2 amide bonds. The minimum absolute atomic E-state index is 0.105. The Morgan fingerprint density at radius 1 is 1.27 bits per heavy atom. The maximum Gasteiger partial charge on any atom is 0.278 e. The summed E-state index contributed by atoms with van der Waals surface area (Å²) >= 11 is 0. The molecule has 0 unspecified atom stereocenters. The number of fused-ring (bicyclic) bond motifs is 3. The van der Waals surface area contributed by atoms with Crippen LogP contribution in [-0.4, -0.2) is 45.8 Å². The van der Waals surface area contributed by atoms with Gasteiger partial charge in [-0.25, -0.2) is 4.39 Å². The van der Waals surface area contributed by atoms with Crippen LogP contribution in [-0.2, 0) is 5.54 Å². The van der Waals surface area contributed by atoms with Crippen molar-refractivity contribution in [2.45, 2.75) is 57.7 Å². The zero-order chi connectivity index (χ0) is 23.5. The van der Waals surface area contributed by atoms with E-state index in [0.717, 1.165) is 30.4 Å². The molecule has 2 aliphatic heterocycles. The number of hydrogen-bond acceptors (Lipinski definition) is 5. The van der Waals surface area contributed by atoms with E-state index in [1.54, 1.807) is 17.9 Å². The number of hydrogen-bond donors (Lipinski definition) is 2. The lowest BCUT2D eigenvalue weighted by Gasteiger charge is -2.48. The first-order chi connectivity index (χ1) is 15.8. The number of rotatable bonds is 4. The average Bonchev–Trinajstić information content (AvgIpc) is 3.56. The van der Waals surface area contributed by atoms with Crippen molar-refractivity contribution in [2.75, 3.05) is 18.1 Å². The molecule has 1 atom stereocenters. The number of aromatic hydroxyl groups is 1. The Morgan fingerprint density at radius 3 is 2.70 bits per heavy atom. The van der Waals surface area contributed by atoms with Gasteiger partial charge in [-0.1, -0.05) is 6.07 Å². The second-order valence-corrected chi connectivity index (χ2v) is 9.14. The highest BCUT2D eigenvalue weighted by molar-refractivity contribution is 5.99. The predicted octanol–water partition coefficient (Wildman–Crippen LogP) is 2.34. The second kappa shape index (κ2) is 7.60. The van der Waals surface area contributed by atoms with Crippen molar-refractivity contribution in [1.82, 2.24) is 14.9 Å². The summed E-state index contributed by atoms with van der Waals surface area (Å²) in [7, 11) is 0.